The minimum absolute atomic E-state index is 0.125. The maximum absolute atomic E-state index is 6.28. The summed E-state index contributed by atoms with van der Waals surface area (Å²) in [4.78, 5) is 0. The van der Waals surface area contributed by atoms with Crippen molar-refractivity contribution < 1.29 is 0 Å². The number of aryl methyl sites for hydroxylation is 2. The lowest BCUT2D eigenvalue weighted by Gasteiger charge is -2.13. The summed E-state index contributed by atoms with van der Waals surface area (Å²) < 4.78 is 1.80. The van der Waals surface area contributed by atoms with Crippen LogP contribution in [-0.4, -0.2) is 9.78 Å². The standard InChI is InChI=1S/C14H17Cl2N3/c1-3-13-10(8-19(2)18-13)12(17)7-9-5-4-6-11(15)14(9)16/h4-6,8,12H,3,7,17H2,1-2H3. The quantitative estimate of drug-likeness (QED) is 0.938. The Bertz CT molecular complexity index is 578. The Balaban J connectivity index is 2.25. The van der Waals surface area contributed by atoms with Crippen LogP contribution < -0.4 is 5.73 Å². The third kappa shape index (κ3) is 3.11. The Hall–Kier alpha value is -1.03. The average Bonchev–Trinajstić information content (AvgIpc) is 2.76. The molecule has 1 unspecified atom stereocenters. The zero-order chi connectivity index (χ0) is 14.0. The maximum Gasteiger partial charge on any atom is 0.0669 e. The lowest BCUT2D eigenvalue weighted by molar-refractivity contribution is 0.712. The number of nitrogens with two attached hydrogens (primary N) is 1. The third-order valence-corrected chi connectivity index (χ3v) is 4.00. The molecule has 102 valence electrons. The third-order valence-electron chi connectivity index (χ3n) is 3.14. The lowest BCUT2D eigenvalue weighted by Crippen LogP contribution is -2.14. The van der Waals surface area contributed by atoms with Crippen LogP contribution in [-0.2, 0) is 19.9 Å². The summed E-state index contributed by atoms with van der Waals surface area (Å²) in [6.45, 7) is 2.07. The Morgan fingerprint density at radius 1 is 1.37 bits per heavy atom. The van der Waals surface area contributed by atoms with Gasteiger partial charge in [-0.2, -0.15) is 5.10 Å². The lowest BCUT2D eigenvalue weighted by atomic mass is 9.99. The summed E-state index contributed by atoms with van der Waals surface area (Å²) in [6, 6.07) is 5.50. The van der Waals surface area contributed by atoms with E-state index < -0.39 is 0 Å². The van der Waals surface area contributed by atoms with Gasteiger partial charge in [-0.25, -0.2) is 0 Å². The number of benzene rings is 1. The number of halogens is 2. The second-order valence-electron chi connectivity index (χ2n) is 4.58. The molecule has 0 bridgehead atoms. The molecular formula is C14H17Cl2N3. The van der Waals surface area contributed by atoms with E-state index >= 15 is 0 Å². The average molecular weight is 298 g/mol. The second-order valence-corrected chi connectivity index (χ2v) is 5.37. The van der Waals surface area contributed by atoms with Crippen molar-refractivity contribution in [1.82, 2.24) is 9.78 Å². The van der Waals surface area contributed by atoms with Crippen molar-refractivity contribution >= 4 is 23.2 Å². The van der Waals surface area contributed by atoms with Gasteiger partial charge in [0.05, 0.1) is 15.7 Å². The first-order chi connectivity index (χ1) is 9.02. The van der Waals surface area contributed by atoms with Crippen LogP contribution in [0.4, 0.5) is 0 Å². The molecular weight excluding hydrogens is 281 g/mol. The number of rotatable bonds is 4. The van der Waals surface area contributed by atoms with Crippen molar-refractivity contribution in [2.45, 2.75) is 25.8 Å². The first-order valence-corrected chi connectivity index (χ1v) is 6.99. The van der Waals surface area contributed by atoms with Gasteiger partial charge in [0.25, 0.3) is 0 Å². The smallest absolute Gasteiger partial charge is 0.0669 e. The molecule has 19 heavy (non-hydrogen) atoms. The van der Waals surface area contributed by atoms with Crippen LogP contribution in [0.1, 0.15) is 29.8 Å². The van der Waals surface area contributed by atoms with E-state index in [2.05, 4.69) is 12.0 Å². The zero-order valence-corrected chi connectivity index (χ0v) is 12.5. The van der Waals surface area contributed by atoms with E-state index in [0.717, 1.165) is 23.2 Å². The highest BCUT2D eigenvalue weighted by atomic mass is 35.5. The van der Waals surface area contributed by atoms with E-state index in [-0.39, 0.29) is 6.04 Å². The molecule has 3 nitrogen and oxygen atoms in total. The van der Waals surface area contributed by atoms with E-state index in [0.29, 0.717) is 16.5 Å². The van der Waals surface area contributed by atoms with E-state index in [4.69, 9.17) is 28.9 Å². The zero-order valence-electron chi connectivity index (χ0n) is 11.0. The molecule has 1 aromatic carbocycles. The molecule has 2 N–H and O–H groups in total. The van der Waals surface area contributed by atoms with Crippen molar-refractivity contribution in [2.24, 2.45) is 12.8 Å². The van der Waals surface area contributed by atoms with Gasteiger partial charge in [0.2, 0.25) is 0 Å². The molecule has 0 aliphatic rings. The first-order valence-electron chi connectivity index (χ1n) is 6.23. The number of hydrogen-bond donors (Lipinski definition) is 1. The summed E-state index contributed by atoms with van der Waals surface area (Å²) in [6.07, 6.45) is 3.49. The molecule has 5 heteroatoms. The molecule has 1 heterocycles. The van der Waals surface area contributed by atoms with Crippen LogP contribution >= 0.6 is 23.2 Å². The molecule has 0 aliphatic carbocycles. The van der Waals surface area contributed by atoms with Crippen molar-refractivity contribution in [3.63, 3.8) is 0 Å². The fraction of sp³-hybridized carbons (Fsp3) is 0.357. The van der Waals surface area contributed by atoms with E-state index in [1.165, 1.54) is 0 Å². The van der Waals surface area contributed by atoms with Crippen LogP contribution in [0.15, 0.2) is 24.4 Å². The molecule has 0 spiro atoms. The first kappa shape index (κ1) is 14.4. The molecule has 2 aromatic rings. The highest BCUT2D eigenvalue weighted by molar-refractivity contribution is 6.42. The Labute approximate surface area is 123 Å². The fourth-order valence-corrected chi connectivity index (χ4v) is 2.59. The van der Waals surface area contributed by atoms with Crippen LogP contribution in [0.25, 0.3) is 0 Å². The summed E-state index contributed by atoms with van der Waals surface area (Å²) in [5.74, 6) is 0. The van der Waals surface area contributed by atoms with Gasteiger partial charge in [0.15, 0.2) is 0 Å². The maximum atomic E-state index is 6.28. The highest BCUT2D eigenvalue weighted by Crippen LogP contribution is 2.29. The summed E-state index contributed by atoms with van der Waals surface area (Å²) in [7, 11) is 1.90. The van der Waals surface area contributed by atoms with E-state index in [9.17, 15) is 0 Å². The van der Waals surface area contributed by atoms with Crippen molar-refractivity contribution in [2.75, 3.05) is 0 Å². The Morgan fingerprint density at radius 3 is 2.79 bits per heavy atom. The molecule has 1 atom stereocenters. The number of nitrogens with zero attached hydrogens (tertiary/aromatic N) is 2. The van der Waals surface area contributed by atoms with Gasteiger partial charge >= 0.3 is 0 Å². The molecule has 0 fully saturated rings. The second kappa shape index (κ2) is 5.95. The minimum atomic E-state index is -0.125. The molecule has 0 saturated heterocycles. The number of aromatic nitrogens is 2. The van der Waals surface area contributed by atoms with Crippen LogP contribution in [0.5, 0.6) is 0 Å². The predicted octanol–water partition coefficient (Wildman–Crippen LogP) is 3.53. The SMILES string of the molecule is CCc1nn(C)cc1C(N)Cc1cccc(Cl)c1Cl. The van der Waals surface area contributed by atoms with E-state index in [1.54, 1.807) is 10.7 Å². The van der Waals surface area contributed by atoms with Gasteiger partial charge in [-0.3, -0.25) is 4.68 Å². The summed E-state index contributed by atoms with van der Waals surface area (Å²) in [5, 5.41) is 5.56. The van der Waals surface area contributed by atoms with Gasteiger partial charge < -0.3 is 5.73 Å². The van der Waals surface area contributed by atoms with Gasteiger partial charge in [0, 0.05) is 24.8 Å². The van der Waals surface area contributed by atoms with Crippen molar-refractivity contribution in [3.8, 4) is 0 Å². The molecule has 0 saturated carbocycles. The molecule has 2 rings (SSSR count). The van der Waals surface area contributed by atoms with Gasteiger partial charge in [-0.1, -0.05) is 42.3 Å². The van der Waals surface area contributed by atoms with Gasteiger partial charge in [-0.15, -0.1) is 0 Å². The van der Waals surface area contributed by atoms with Crippen molar-refractivity contribution in [1.29, 1.82) is 0 Å². The molecule has 0 aliphatic heterocycles. The van der Waals surface area contributed by atoms with E-state index in [1.807, 2.05) is 25.4 Å². The summed E-state index contributed by atoms with van der Waals surface area (Å²) in [5.41, 5.74) is 9.35. The fourth-order valence-electron chi connectivity index (χ4n) is 2.19. The Kier molecular flexibility index (Phi) is 4.50. The minimum Gasteiger partial charge on any atom is -0.324 e. The van der Waals surface area contributed by atoms with Crippen LogP contribution in [0.2, 0.25) is 10.0 Å². The van der Waals surface area contributed by atoms with Crippen LogP contribution in [0.3, 0.4) is 0 Å². The van der Waals surface area contributed by atoms with Crippen molar-refractivity contribution in [3.05, 3.63) is 51.3 Å². The largest absolute Gasteiger partial charge is 0.324 e. The molecule has 1 aromatic heterocycles. The molecule has 0 radical (unpaired) electrons. The topological polar surface area (TPSA) is 43.8 Å². The van der Waals surface area contributed by atoms with Gasteiger partial charge in [-0.05, 0) is 24.5 Å². The summed E-state index contributed by atoms with van der Waals surface area (Å²) >= 11 is 12.2. The normalized spacial score (nSPS) is 12.7. The van der Waals surface area contributed by atoms with Gasteiger partial charge in [0.1, 0.15) is 0 Å². The highest BCUT2D eigenvalue weighted by Gasteiger charge is 2.16. The van der Waals surface area contributed by atoms with Crippen LogP contribution in [0, 0.1) is 0 Å². The monoisotopic (exact) mass is 297 g/mol. The Morgan fingerprint density at radius 2 is 2.11 bits per heavy atom. The molecule has 0 amide bonds. The number of hydrogen-bond acceptors (Lipinski definition) is 2. The predicted molar refractivity (Wildman–Crippen MR) is 79.7 cm³/mol.